The molecule has 0 spiro atoms. The maximum absolute atomic E-state index is 12.6. The summed E-state index contributed by atoms with van der Waals surface area (Å²) >= 11 is 9.99. The second kappa shape index (κ2) is 8.59. The molecule has 3 nitrogen and oxygen atoms in total. The first-order valence-electron chi connectivity index (χ1n) is 8.27. The van der Waals surface area contributed by atoms with Crippen molar-refractivity contribution in [3.05, 3.63) is 22.8 Å². The fourth-order valence-corrected chi connectivity index (χ4v) is 6.68. The van der Waals surface area contributed by atoms with Crippen LogP contribution in [0, 0.1) is 0 Å². The van der Waals surface area contributed by atoms with E-state index >= 15 is 0 Å². The molecule has 1 aromatic heterocycles. The Morgan fingerprint density at radius 2 is 2.08 bits per heavy atom. The standard InChI is InChI=1S/C16H20ClF3N2OS2/c17-11-8-10(16(18,19)20)9-22-15(11)23-5-1-4-21-12-2-3-13-14(12)25-7-6-24-13/h8-9,12-14,21H,1-7H2/t12-,13+,14-/m1/s1. The van der Waals surface area contributed by atoms with Crippen molar-refractivity contribution in [2.75, 3.05) is 24.7 Å². The van der Waals surface area contributed by atoms with Gasteiger partial charge >= 0.3 is 6.18 Å². The Balaban J connectivity index is 1.39. The van der Waals surface area contributed by atoms with Gasteiger partial charge in [-0.2, -0.15) is 36.7 Å². The van der Waals surface area contributed by atoms with Crippen molar-refractivity contribution in [2.24, 2.45) is 0 Å². The molecular formula is C16H20ClF3N2OS2. The van der Waals surface area contributed by atoms with Crippen LogP contribution in [0.2, 0.25) is 5.02 Å². The minimum absolute atomic E-state index is 0.0508. The fraction of sp³-hybridized carbons (Fsp3) is 0.688. The van der Waals surface area contributed by atoms with Gasteiger partial charge in [0.1, 0.15) is 5.02 Å². The lowest BCUT2D eigenvalue weighted by Crippen LogP contribution is -2.39. The lowest BCUT2D eigenvalue weighted by atomic mass is 10.2. The summed E-state index contributed by atoms with van der Waals surface area (Å²) in [5, 5.41) is 4.96. The first kappa shape index (κ1) is 19.5. The third-order valence-corrected chi connectivity index (χ3v) is 7.93. The van der Waals surface area contributed by atoms with Gasteiger partial charge in [-0.1, -0.05) is 11.6 Å². The van der Waals surface area contributed by atoms with Gasteiger partial charge in [0, 0.05) is 34.2 Å². The molecule has 2 fully saturated rings. The van der Waals surface area contributed by atoms with Crippen LogP contribution in [0.4, 0.5) is 13.2 Å². The Labute approximate surface area is 158 Å². The first-order valence-corrected chi connectivity index (χ1v) is 10.7. The number of alkyl halides is 3. The van der Waals surface area contributed by atoms with E-state index in [2.05, 4.69) is 33.8 Å². The highest BCUT2D eigenvalue weighted by molar-refractivity contribution is 8.07. The van der Waals surface area contributed by atoms with E-state index in [1.165, 1.54) is 24.3 Å². The highest BCUT2D eigenvalue weighted by atomic mass is 35.5. The van der Waals surface area contributed by atoms with Gasteiger partial charge in [-0.15, -0.1) is 0 Å². The molecule has 3 rings (SSSR count). The van der Waals surface area contributed by atoms with Crippen LogP contribution in [-0.2, 0) is 6.18 Å². The van der Waals surface area contributed by atoms with Crippen LogP contribution in [0.25, 0.3) is 0 Å². The fourth-order valence-electron chi connectivity index (χ4n) is 3.15. The van der Waals surface area contributed by atoms with Crippen LogP contribution >= 0.6 is 35.1 Å². The van der Waals surface area contributed by atoms with Crippen LogP contribution in [0.15, 0.2) is 12.3 Å². The second-order valence-corrected chi connectivity index (χ2v) is 9.13. The van der Waals surface area contributed by atoms with Gasteiger partial charge in [-0.25, -0.2) is 4.98 Å². The largest absolute Gasteiger partial charge is 0.477 e. The topological polar surface area (TPSA) is 34.1 Å². The van der Waals surface area contributed by atoms with E-state index in [0.717, 1.165) is 30.5 Å². The molecule has 0 radical (unpaired) electrons. The molecule has 1 saturated carbocycles. The number of aromatic nitrogens is 1. The maximum atomic E-state index is 12.6. The van der Waals surface area contributed by atoms with Crippen LogP contribution in [0.1, 0.15) is 24.8 Å². The van der Waals surface area contributed by atoms with Gasteiger partial charge < -0.3 is 10.1 Å². The quantitative estimate of drug-likeness (QED) is 0.696. The number of thioether (sulfide) groups is 2. The summed E-state index contributed by atoms with van der Waals surface area (Å²) in [6.07, 6.45) is -0.460. The van der Waals surface area contributed by atoms with Crippen LogP contribution < -0.4 is 10.1 Å². The zero-order chi connectivity index (χ0) is 17.9. The SMILES string of the molecule is FC(F)(F)c1cnc(OCCCN[C@@H]2CC[C@@H]3SCCS[C@@H]32)c(Cl)c1. The van der Waals surface area contributed by atoms with E-state index in [-0.39, 0.29) is 10.9 Å². The second-order valence-electron chi connectivity index (χ2n) is 6.09. The normalized spacial score (nSPS) is 26.5. The van der Waals surface area contributed by atoms with Crippen LogP contribution in [-0.4, -0.2) is 46.2 Å². The van der Waals surface area contributed by atoms with E-state index in [4.69, 9.17) is 16.3 Å². The third-order valence-electron chi connectivity index (χ3n) is 4.35. The molecule has 1 aliphatic carbocycles. The van der Waals surface area contributed by atoms with Crippen molar-refractivity contribution in [1.82, 2.24) is 10.3 Å². The van der Waals surface area contributed by atoms with Crippen molar-refractivity contribution in [3.8, 4) is 5.88 Å². The molecule has 0 amide bonds. The van der Waals surface area contributed by atoms with Gasteiger partial charge in [-0.05, 0) is 31.9 Å². The molecule has 2 heterocycles. The van der Waals surface area contributed by atoms with E-state index in [0.29, 0.717) is 17.9 Å². The number of rotatable bonds is 6. The number of hydrogen-bond donors (Lipinski definition) is 1. The number of nitrogens with zero attached hydrogens (tertiary/aromatic N) is 1. The lowest BCUT2D eigenvalue weighted by Gasteiger charge is -2.28. The first-order chi connectivity index (χ1) is 11.9. The summed E-state index contributed by atoms with van der Waals surface area (Å²) in [4.78, 5) is 3.67. The molecule has 2 aliphatic rings. The Hall–Kier alpha value is -0.310. The Bertz CT molecular complexity index is 591. The van der Waals surface area contributed by atoms with Gasteiger partial charge in [0.05, 0.1) is 12.2 Å². The summed E-state index contributed by atoms with van der Waals surface area (Å²) in [5.74, 6) is 2.54. The van der Waals surface area contributed by atoms with Crippen molar-refractivity contribution in [3.63, 3.8) is 0 Å². The van der Waals surface area contributed by atoms with Crippen molar-refractivity contribution >= 4 is 35.1 Å². The van der Waals surface area contributed by atoms with Gasteiger partial charge in [0.25, 0.3) is 0 Å². The van der Waals surface area contributed by atoms with Crippen LogP contribution in [0.3, 0.4) is 0 Å². The number of nitrogens with one attached hydrogen (secondary N) is 1. The summed E-state index contributed by atoms with van der Waals surface area (Å²) in [5.41, 5.74) is -0.870. The Kier molecular flexibility index (Phi) is 6.68. The van der Waals surface area contributed by atoms with E-state index in [1.54, 1.807) is 0 Å². The monoisotopic (exact) mass is 412 g/mol. The summed E-state index contributed by atoms with van der Waals surface area (Å²) in [6, 6.07) is 1.40. The van der Waals surface area contributed by atoms with E-state index < -0.39 is 11.7 Å². The summed E-state index contributed by atoms with van der Waals surface area (Å²) in [6.45, 7) is 1.19. The van der Waals surface area contributed by atoms with Gasteiger partial charge in [0.15, 0.2) is 0 Å². The molecule has 1 aromatic rings. The Morgan fingerprint density at radius 3 is 2.84 bits per heavy atom. The maximum Gasteiger partial charge on any atom is 0.417 e. The molecule has 25 heavy (non-hydrogen) atoms. The molecule has 0 aromatic carbocycles. The molecule has 9 heteroatoms. The molecule has 1 saturated heterocycles. The average Bonchev–Trinajstić information content (AvgIpc) is 2.98. The average molecular weight is 413 g/mol. The molecule has 3 atom stereocenters. The van der Waals surface area contributed by atoms with Crippen molar-refractivity contribution in [1.29, 1.82) is 0 Å². The molecule has 140 valence electrons. The predicted molar refractivity (Wildman–Crippen MR) is 97.9 cm³/mol. The number of halogens is 4. The molecule has 0 unspecified atom stereocenters. The minimum Gasteiger partial charge on any atom is -0.477 e. The third kappa shape index (κ3) is 5.11. The van der Waals surface area contributed by atoms with Crippen molar-refractivity contribution < 1.29 is 17.9 Å². The van der Waals surface area contributed by atoms with Crippen LogP contribution in [0.5, 0.6) is 5.88 Å². The zero-order valence-corrected chi connectivity index (χ0v) is 15.9. The molecule has 1 aliphatic heterocycles. The molecule has 1 N–H and O–H groups in total. The van der Waals surface area contributed by atoms with E-state index in [9.17, 15) is 13.2 Å². The van der Waals surface area contributed by atoms with Crippen molar-refractivity contribution in [2.45, 2.75) is 42.0 Å². The highest BCUT2D eigenvalue weighted by Gasteiger charge is 2.38. The number of ether oxygens (including phenoxy) is 1. The predicted octanol–water partition coefficient (Wildman–Crippen LogP) is 4.49. The van der Waals surface area contributed by atoms with Gasteiger partial charge in [0.2, 0.25) is 5.88 Å². The number of hydrogen-bond acceptors (Lipinski definition) is 5. The number of fused-ring (bicyclic) bond motifs is 1. The minimum atomic E-state index is -4.45. The smallest absolute Gasteiger partial charge is 0.417 e. The Morgan fingerprint density at radius 1 is 1.28 bits per heavy atom. The van der Waals surface area contributed by atoms with Gasteiger partial charge in [-0.3, -0.25) is 0 Å². The lowest BCUT2D eigenvalue weighted by molar-refractivity contribution is -0.137. The zero-order valence-electron chi connectivity index (χ0n) is 13.5. The molecule has 0 bridgehead atoms. The highest BCUT2D eigenvalue weighted by Crippen LogP contribution is 2.42. The van der Waals surface area contributed by atoms with E-state index in [1.807, 2.05) is 0 Å². The molecular weight excluding hydrogens is 393 g/mol. The summed E-state index contributed by atoms with van der Waals surface area (Å²) < 4.78 is 43.1. The summed E-state index contributed by atoms with van der Waals surface area (Å²) in [7, 11) is 0. The number of pyridine rings is 1.